The van der Waals surface area contributed by atoms with Crippen molar-refractivity contribution in [2.45, 2.75) is 443 Å². The molecule has 1 aromatic rings. The largest absolute Gasteiger partial charge is 0.390 e. The van der Waals surface area contributed by atoms with E-state index in [0.29, 0.717) is 18.9 Å². The standard InChI is InChI=1S/C48H90N2O.C48H82O4S/c1-5-7-9-11-13-15-17-19-21-23-25-27-29-31-33-35-39-48(51,41-37-38-42-49-43-45-50(46-44-49)47(3)4)40-36-34-32-30-28-26-24-22-20-18-16-14-12-10-8-6-2;1-4-6-8-10-12-14-16-18-20-22-24-26-28-30-32-34-42-48(49,44-36-37-45-52-53(50,51)47-40-38-46(3)39-41-47)43-35-33-31-29-27-25-23-21-19-17-15-13-11-9-7-5-2/h13-16,19-22,47,51H,5-12,17-18,23-46H2,1-4H3;12-15,18-21,38-41,49H,4-11,16-17,22-37,42-45H2,1-3H3/b15-13-,16-14-,21-19-,22-20-;14-12-,15-13-,20-18-,21-19-. The Morgan fingerprint density at radius 2 is 0.596 bits per heavy atom. The maximum atomic E-state index is 12.6. The molecule has 0 radical (unpaired) electrons. The van der Waals surface area contributed by atoms with Gasteiger partial charge in [0, 0.05) is 32.2 Å². The molecule has 7 nitrogen and oxygen atoms in total. The van der Waals surface area contributed by atoms with E-state index in [2.05, 4.69) is 149 Å². The number of nitrogens with zero attached hydrogens (tertiary/aromatic N) is 2. The summed E-state index contributed by atoms with van der Waals surface area (Å²) in [4.78, 5) is 5.46. The quantitative estimate of drug-likeness (QED) is 0.0381. The zero-order valence-corrected chi connectivity index (χ0v) is 70.6. The zero-order valence-electron chi connectivity index (χ0n) is 69.8. The van der Waals surface area contributed by atoms with Crippen molar-refractivity contribution in [1.29, 1.82) is 0 Å². The Morgan fingerprint density at radius 3 is 0.875 bits per heavy atom. The number of piperazine rings is 1. The molecule has 0 atom stereocenters. The SMILES string of the molecule is CCCCC/C=C\C/C=C\CCCCCCCCC(O)(CCCCCCCC/C=C\C/C=C\CCCCC)CCCCN1CCN(C(C)C)CC1.CCCCC/C=C\C/C=C\CCCCCCCCC(O)(CCCCCCCC/C=C\C/C=C\CCCCC)CCCCOS(=O)(=O)c1ccc(C)cc1. The van der Waals surface area contributed by atoms with Gasteiger partial charge in [-0.3, -0.25) is 9.08 Å². The van der Waals surface area contributed by atoms with Crippen LogP contribution < -0.4 is 0 Å². The summed E-state index contributed by atoms with van der Waals surface area (Å²) in [6.07, 6.45) is 107. The van der Waals surface area contributed by atoms with E-state index in [-0.39, 0.29) is 11.5 Å². The summed E-state index contributed by atoms with van der Waals surface area (Å²) >= 11 is 0. The minimum atomic E-state index is -3.75. The van der Waals surface area contributed by atoms with Crippen LogP contribution in [0.15, 0.2) is 126 Å². The van der Waals surface area contributed by atoms with Gasteiger partial charge in [0.1, 0.15) is 0 Å². The van der Waals surface area contributed by atoms with E-state index in [9.17, 15) is 18.6 Å². The molecule has 0 aliphatic carbocycles. The highest BCUT2D eigenvalue weighted by Gasteiger charge is 2.27. The van der Waals surface area contributed by atoms with Crippen molar-refractivity contribution in [2.75, 3.05) is 39.3 Å². The summed E-state index contributed by atoms with van der Waals surface area (Å²) < 4.78 is 30.5. The molecule has 2 rings (SSSR count). The minimum Gasteiger partial charge on any atom is -0.390 e. The normalized spacial score (nSPS) is 14.1. The third kappa shape index (κ3) is 64.8. The molecule has 1 heterocycles. The Hall–Kier alpha value is -3.11. The van der Waals surface area contributed by atoms with Gasteiger partial charge < -0.3 is 15.1 Å². The van der Waals surface area contributed by atoms with Gasteiger partial charge in [-0.1, -0.05) is 322 Å². The van der Waals surface area contributed by atoms with E-state index in [4.69, 9.17) is 4.18 Å². The molecular formula is C96H172N2O5S. The van der Waals surface area contributed by atoms with E-state index in [1.807, 2.05) is 6.92 Å². The van der Waals surface area contributed by atoms with Crippen LogP contribution in [-0.4, -0.2) is 85.0 Å². The van der Waals surface area contributed by atoms with Crippen molar-refractivity contribution < 1.29 is 22.8 Å². The van der Waals surface area contributed by atoms with Crippen LogP contribution in [-0.2, 0) is 14.3 Å². The molecule has 1 aliphatic heterocycles. The summed E-state index contributed by atoms with van der Waals surface area (Å²) in [6.45, 7) is 21.8. The number of aliphatic hydroxyl groups is 2. The Labute approximate surface area is 648 Å². The third-order valence-corrected chi connectivity index (χ3v) is 22.8. The van der Waals surface area contributed by atoms with E-state index >= 15 is 0 Å². The molecule has 0 bridgehead atoms. The van der Waals surface area contributed by atoms with Crippen LogP contribution in [0.1, 0.15) is 420 Å². The molecule has 1 aromatic carbocycles. The fourth-order valence-corrected chi connectivity index (χ4v) is 15.3. The highest BCUT2D eigenvalue weighted by Crippen LogP contribution is 2.31. The van der Waals surface area contributed by atoms with E-state index < -0.39 is 21.3 Å². The molecule has 2 N–H and O–H groups in total. The minimum absolute atomic E-state index is 0.155. The van der Waals surface area contributed by atoms with Gasteiger partial charge in [-0.15, -0.1) is 0 Å². The Morgan fingerprint density at radius 1 is 0.346 bits per heavy atom. The van der Waals surface area contributed by atoms with Crippen molar-refractivity contribution in [3.8, 4) is 0 Å². The third-order valence-electron chi connectivity index (χ3n) is 21.5. The maximum absolute atomic E-state index is 12.6. The number of rotatable bonds is 73. The van der Waals surface area contributed by atoms with Gasteiger partial charge in [0.2, 0.25) is 0 Å². The highest BCUT2D eigenvalue weighted by molar-refractivity contribution is 7.86. The second-order valence-corrected chi connectivity index (χ2v) is 33.4. The van der Waals surface area contributed by atoms with Crippen LogP contribution in [0.5, 0.6) is 0 Å². The maximum Gasteiger partial charge on any atom is 0.296 e. The number of benzene rings is 1. The first-order valence-corrected chi connectivity index (χ1v) is 46.3. The number of unbranched alkanes of at least 4 members (excludes halogenated alkanes) is 38. The average Bonchev–Trinajstić information content (AvgIpc) is 0.854. The lowest BCUT2D eigenvalue weighted by atomic mass is 9.85. The van der Waals surface area contributed by atoms with Gasteiger partial charge in [-0.25, -0.2) is 0 Å². The van der Waals surface area contributed by atoms with E-state index in [1.54, 1.807) is 24.3 Å². The molecule has 0 amide bonds. The van der Waals surface area contributed by atoms with Crippen LogP contribution in [0.2, 0.25) is 0 Å². The lowest BCUT2D eigenvalue weighted by molar-refractivity contribution is 0.00590. The molecule has 104 heavy (non-hydrogen) atoms. The van der Waals surface area contributed by atoms with Gasteiger partial charge in [0.15, 0.2) is 0 Å². The molecule has 602 valence electrons. The zero-order chi connectivity index (χ0) is 75.5. The monoisotopic (exact) mass is 1470 g/mol. The van der Waals surface area contributed by atoms with Crippen molar-refractivity contribution in [3.63, 3.8) is 0 Å². The van der Waals surface area contributed by atoms with Crippen molar-refractivity contribution in [1.82, 2.24) is 9.80 Å². The Balaban J connectivity index is 0.00000104. The number of hydrogen-bond acceptors (Lipinski definition) is 7. The van der Waals surface area contributed by atoms with Crippen LogP contribution in [0, 0.1) is 6.92 Å². The van der Waals surface area contributed by atoms with Gasteiger partial charge in [0.05, 0.1) is 22.7 Å². The molecule has 1 aliphatic rings. The van der Waals surface area contributed by atoms with Crippen molar-refractivity contribution in [3.05, 3.63) is 127 Å². The second-order valence-electron chi connectivity index (χ2n) is 31.8. The number of aryl methyl sites for hydroxylation is 1. The summed E-state index contributed by atoms with van der Waals surface area (Å²) in [5.74, 6) is 0. The molecule has 0 aromatic heterocycles. The van der Waals surface area contributed by atoms with Gasteiger partial charge in [-0.2, -0.15) is 8.42 Å². The van der Waals surface area contributed by atoms with E-state index in [1.165, 1.54) is 315 Å². The molecule has 0 unspecified atom stereocenters. The Bertz CT molecular complexity index is 2240. The summed E-state index contributed by atoms with van der Waals surface area (Å²) in [6, 6.07) is 7.45. The average molecular weight is 1470 g/mol. The summed E-state index contributed by atoms with van der Waals surface area (Å²) in [5.41, 5.74) is -0.0934. The summed E-state index contributed by atoms with van der Waals surface area (Å²) in [7, 11) is -3.75. The first-order chi connectivity index (χ1) is 50.8. The Kier molecular flexibility index (Phi) is 70.4. The molecule has 1 fully saturated rings. The predicted molar refractivity (Wildman–Crippen MR) is 461 cm³/mol. The van der Waals surface area contributed by atoms with Gasteiger partial charge >= 0.3 is 0 Å². The summed E-state index contributed by atoms with van der Waals surface area (Å²) in [5, 5.41) is 23.6. The fourth-order valence-electron chi connectivity index (χ4n) is 14.3. The number of hydrogen-bond donors (Lipinski definition) is 2. The van der Waals surface area contributed by atoms with Gasteiger partial charge in [0.25, 0.3) is 10.1 Å². The van der Waals surface area contributed by atoms with Crippen LogP contribution in [0.4, 0.5) is 0 Å². The predicted octanol–water partition coefficient (Wildman–Crippen LogP) is 29.3. The number of allylic oxidation sites excluding steroid dienone is 16. The first-order valence-electron chi connectivity index (χ1n) is 44.9. The molecule has 0 saturated carbocycles. The molecule has 8 heteroatoms. The second kappa shape index (κ2) is 74.0. The van der Waals surface area contributed by atoms with Crippen LogP contribution in [0.3, 0.4) is 0 Å². The van der Waals surface area contributed by atoms with Crippen molar-refractivity contribution >= 4 is 10.1 Å². The molecule has 0 spiro atoms. The van der Waals surface area contributed by atoms with E-state index in [0.717, 1.165) is 82.6 Å². The lowest BCUT2D eigenvalue weighted by Gasteiger charge is -2.37. The fraction of sp³-hybridized carbons (Fsp3) is 0.771. The molecular weight excluding hydrogens is 1290 g/mol. The lowest BCUT2D eigenvalue weighted by Crippen LogP contribution is -2.48. The highest BCUT2D eigenvalue weighted by atomic mass is 32.2. The van der Waals surface area contributed by atoms with Crippen LogP contribution in [0.25, 0.3) is 0 Å². The van der Waals surface area contributed by atoms with Crippen molar-refractivity contribution in [2.24, 2.45) is 0 Å². The van der Waals surface area contributed by atoms with Crippen LogP contribution >= 0.6 is 0 Å². The molecule has 1 saturated heterocycles. The van der Waals surface area contributed by atoms with Gasteiger partial charge in [-0.05, 0) is 232 Å². The first kappa shape index (κ1) is 98.9. The smallest absolute Gasteiger partial charge is 0.296 e. The topological polar surface area (TPSA) is 90.3 Å².